The van der Waals surface area contributed by atoms with Crippen LogP contribution in [0.4, 0.5) is 5.69 Å². The van der Waals surface area contributed by atoms with Gasteiger partial charge in [0.2, 0.25) is 5.78 Å². The van der Waals surface area contributed by atoms with Crippen LogP contribution in [-0.2, 0) is 30.8 Å². The molecular weight excluding hydrogens is 594 g/mol. The van der Waals surface area contributed by atoms with Gasteiger partial charge >= 0.3 is 5.97 Å². The predicted octanol–water partition coefficient (Wildman–Crippen LogP) is 6.32. The molecule has 1 heterocycles. The van der Waals surface area contributed by atoms with Gasteiger partial charge in [-0.3, -0.25) is 9.52 Å². The van der Waals surface area contributed by atoms with Crippen molar-refractivity contribution in [3.63, 3.8) is 0 Å². The van der Waals surface area contributed by atoms with Crippen molar-refractivity contribution in [2.24, 2.45) is 11.8 Å². The molecule has 0 radical (unpaired) electrons. The van der Waals surface area contributed by atoms with Crippen molar-refractivity contribution >= 4 is 43.4 Å². The van der Waals surface area contributed by atoms with E-state index in [-0.39, 0.29) is 22.3 Å². The van der Waals surface area contributed by atoms with Gasteiger partial charge in [0, 0.05) is 22.0 Å². The summed E-state index contributed by atoms with van der Waals surface area (Å²) in [6, 6.07) is 22.7. The standard InChI is InChI=1S/C31H30BrNO6S/c1-2-20(17-19-7-4-3-5-8-19)30-29(35)28(34)27(31(36)39-30)26(21-11-12-21)22-9-6-10-24(18-22)33-40(37,38)25-15-13-23(32)14-16-25/h3-10,13-16,18,20-21,26,30,33-34H,2,11-12,17H2,1H3. The first kappa shape index (κ1) is 28.1. The van der Waals surface area contributed by atoms with Crippen LogP contribution in [0.25, 0.3) is 0 Å². The van der Waals surface area contributed by atoms with Crippen LogP contribution >= 0.6 is 15.9 Å². The fourth-order valence-electron chi connectivity index (χ4n) is 5.29. The molecule has 0 amide bonds. The summed E-state index contributed by atoms with van der Waals surface area (Å²) in [5.74, 6) is -2.69. The number of benzene rings is 3. The van der Waals surface area contributed by atoms with E-state index < -0.39 is 39.6 Å². The Bertz CT molecular complexity index is 1550. The number of aliphatic hydroxyl groups excluding tert-OH is 1. The fraction of sp³-hybridized carbons (Fsp3) is 0.290. The van der Waals surface area contributed by atoms with Gasteiger partial charge < -0.3 is 9.84 Å². The Hall–Kier alpha value is -3.43. The number of hydrogen-bond donors (Lipinski definition) is 2. The monoisotopic (exact) mass is 623 g/mol. The number of aliphatic hydroxyl groups is 1. The second-order valence-corrected chi connectivity index (χ2v) is 12.9. The summed E-state index contributed by atoms with van der Waals surface area (Å²) >= 11 is 3.30. The van der Waals surface area contributed by atoms with Crippen molar-refractivity contribution in [3.05, 3.63) is 106 Å². The van der Waals surface area contributed by atoms with Gasteiger partial charge in [0.1, 0.15) is 0 Å². The zero-order chi connectivity index (χ0) is 28.4. The Morgan fingerprint density at radius 1 is 1.00 bits per heavy atom. The highest BCUT2D eigenvalue weighted by Gasteiger charge is 2.47. The second-order valence-electron chi connectivity index (χ2n) is 10.3. The molecule has 0 bridgehead atoms. The minimum Gasteiger partial charge on any atom is -0.504 e. The molecule has 2 N–H and O–H groups in total. The molecular formula is C31H30BrNO6S. The van der Waals surface area contributed by atoms with Crippen LogP contribution in [0, 0.1) is 11.8 Å². The molecule has 0 aromatic heterocycles. The summed E-state index contributed by atoms with van der Waals surface area (Å²) in [5.41, 5.74) is 1.91. The molecule has 40 heavy (non-hydrogen) atoms. The molecule has 1 aliphatic carbocycles. The molecule has 1 fully saturated rings. The number of cyclic esters (lactones) is 1. The zero-order valence-electron chi connectivity index (χ0n) is 21.9. The number of esters is 1. The summed E-state index contributed by atoms with van der Waals surface area (Å²) in [5, 5.41) is 11.1. The van der Waals surface area contributed by atoms with E-state index in [9.17, 15) is 23.1 Å². The Balaban J connectivity index is 1.43. The molecule has 7 nitrogen and oxygen atoms in total. The number of anilines is 1. The Kier molecular flexibility index (Phi) is 8.14. The van der Waals surface area contributed by atoms with Crippen molar-refractivity contribution in [1.29, 1.82) is 0 Å². The number of ketones is 1. The van der Waals surface area contributed by atoms with Crippen LogP contribution in [0.2, 0.25) is 0 Å². The summed E-state index contributed by atoms with van der Waals surface area (Å²) in [6.45, 7) is 1.93. The number of halogens is 1. The number of ether oxygens (including phenoxy) is 1. The molecule has 9 heteroatoms. The minimum absolute atomic E-state index is 0.0265. The van der Waals surface area contributed by atoms with Crippen LogP contribution in [0.3, 0.4) is 0 Å². The third-order valence-electron chi connectivity index (χ3n) is 7.52. The van der Waals surface area contributed by atoms with Crippen molar-refractivity contribution in [2.75, 3.05) is 4.72 Å². The molecule has 3 unspecified atom stereocenters. The lowest BCUT2D eigenvalue weighted by Crippen LogP contribution is -2.42. The van der Waals surface area contributed by atoms with Crippen LogP contribution in [0.15, 0.2) is 99.6 Å². The van der Waals surface area contributed by atoms with E-state index in [1.807, 2.05) is 37.3 Å². The minimum atomic E-state index is -3.86. The van der Waals surface area contributed by atoms with Crippen LogP contribution in [-0.4, -0.2) is 31.4 Å². The highest BCUT2D eigenvalue weighted by molar-refractivity contribution is 9.10. The maximum atomic E-state index is 13.4. The van der Waals surface area contributed by atoms with E-state index in [2.05, 4.69) is 20.7 Å². The Morgan fingerprint density at radius 2 is 1.70 bits per heavy atom. The molecule has 2 aliphatic rings. The number of hydrogen-bond acceptors (Lipinski definition) is 6. The lowest BCUT2D eigenvalue weighted by atomic mass is 9.81. The van der Waals surface area contributed by atoms with E-state index in [1.165, 1.54) is 12.1 Å². The SMILES string of the molecule is CCC(Cc1ccccc1)C1OC(=O)C(C(c2cccc(NS(=O)(=O)c3ccc(Br)cc3)c2)C2CC2)=C(O)C1=O. The molecule has 3 aromatic carbocycles. The first-order chi connectivity index (χ1) is 19.2. The second kappa shape index (κ2) is 11.6. The molecule has 3 atom stereocenters. The Morgan fingerprint density at radius 3 is 2.35 bits per heavy atom. The number of Topliss-reactive ketones (excluding diaryl/α,β-unsaturated/α-hetero) is 1. The molecule has 0 saturated heterocycles. The van der Waals surface area contributed by atoms with E-state index in [4.69, 9.17) is 4.74 Å². The van der Waals surface area contributed by atoms with Gasteiger partial charge in [-0.2, -0.15) is 0 Å². The first-order valence-corrected chi connectivity index (χ1v) is 15.6. The average molecular weight is 625 g/mol. The highest BCUT2D eigenvalue weighted by atomic mass is 79.9. The third-order valence-corrected chi connectivity index (χ3v) is 9.45. The van der Waals surface area contributed by atoms with Crippen molar-refractivity contribution in [2.45, 2.75) is 49.5 Å². The zero-order valence-corrected chi connectivity index (χ0v) is 24.3. The lowest BCUT2D eigenvalue weighted by Gasteiger charge is -2.31. The quantitative estimate of drug-likeness (QED) is 0.256. The lowest BCUT2D eigenvalue weighted by molar-refractivity contribution is -0.158. The van der Waals surface area contributed by atoms with Crippen molar-refractivity contribution in [3.8, 4) is 0 Å². The van der Waals surface area contributed by atoms with E-state index in [1.54, 1.807) is 36.4 Å². The van der Waals surface area contributed by atoms with Crippen LogP contribution < -0.4 is 4.72 Å². The molecule has 5 rings (SSSR count). The summed E-state index contributed by atoms with van der Waals surface area (Å²) in [4.78, 5) is 26.9. The van der Waals surface area contributed by atoms with Gasteiger partial charge in [-0.1, -0.05) is 65.3 Å². The van der Waals surface area contributed by atoms with E-state index in [0.29, 0.717) is 24.1 Å². The third kappa shape index (κ3) is 6.00. The molecule has 3 aromatic rings. The molecule has 208 valence electrons. The molecule has 1 saturated carbocycles. The first-order valence-electron chi connectivity index (χ1n) is 13.3. The average Bonchev–Trinajstić information content (AvgIpc) is 3.78. The van der Waals surface area contributed by atoms with E-state index >= 15 is 0 Å². The summed E-state index contributed by atoms with van der Waals surface area (Å²) in [7, 11) is -3.86. The maximum absolute atomic E-state index is 13.4. The van der Waals surface area contributed by atoms with Gasteiger partial charge in [0.15, 0.2) is 11.9 Å². The predicted molar refractivity (Wildman–Crippen MR) is 155 cm³/mol. The number of sulfonamides is 1. The smallest absolute Gasteiger partial charge is 0.339 e. The van der Waals surface area contributed by atoms with Gasteiger partial charge in [-0.15, -0.1) is 0 Å². The van der Waals surface area contributed by atoms with Crippen molar-refractivity contribution in [1.82, 2.24) is 0 Å². The largest absolute Gasteiger partial charge is 0.504 e. The normalized spacial score (nSPS) is 19.2. The number of nitrogens with one attached hydrogen (secondary N) is 1. The topological polar surface area (TPSA) is 110 Å². The molecule has 0 spiro atoms. The number of carbonyl (C=O) groups is 2. The summed E-state index contributed by atoms with van der Waals surface area (Å²) in [6.07, 6.45) is 1.69. The highest BCUT2D eigenvalue weighted by Crippen LogP contribution is 2.49. The maximum Gasteiger partial charge on any atom is 0.339 e. The molecule has 1 aliphatic heterocycles. The van der Waals surface area contributed by atoms with Gasteiger partial charge in [-0.05, 0) is 79.1 Å². The van der Waals surface area contributed by atoms with E-state index in [0.717, 1.165) is 22.9 Å². The van der Waals surface area contributed by atoms with Gasteiger partial charge in [0.25, 0.3) is 10.0 Å². The summed E-state index contributed by atoms with van der Waals surface area (Å²) < 4.78 is 35.0. The van der Waals surface area contributed by atoms with Crippen molar-refractivity contribution < 1.29 is 27.9 Å². The van der Waals surface area contributed by atoms with Gasteiger partial charge in [0.05, 0.1) is 10.5 Å². The number of rotatable bonds is 10. The van der Waals surface area contributed by atoms with Crippen LogP contribution in [0.1, 0.15) is 43.2 Å². The Labute approximate surface area is 242 Å². The number of carbonyl (C=O) groups excluding carboxylic acids is 2. The fourth-order valence-corrected chi connectivity index (χ4v) is 6.60. The van der Waals surface area contributed by atoms with Crippen LogP contribution in [0.5, 0.6) is 0 Å². The van der Waals surface area contributed by atoms with Gasteiger partial charge in [-0.25, -0.2) is 13.2 Å².